The van der Waals surface area contributed by atoms with Crippen molar-refractivity contribution in [1.29, 1.82) is 0 Å². The zero-order valence-corrected chi connectivity index (χ0v) is 19.2. The highest BCUT2D eigenvalue weighted by Gasteiger charge is 2.23. The van der Waals surface area contributed by atoms with E-state index in [0.29, 0.717) is 28.1 Å². The summed E-state index contributed by atoms with van der Waals surface area (Å²) in [5.74, 6) is 0. The Morgan fingerprint density at radius 3 is 2.53 bits per heavy atom. The molecule has 0 bridgehead atoms. The van der Waals surface area contributed by atoms with Crippen molar-refractivity contribution in [3.05, 3.63) is 64.5 Å². The summed E-state index contributed by atoms with van der Waals surface area (Å²) in [6, 6.07) is 12.9. The number of benzene rings is 1. The fraction of sp³-hybridized carbons (Fsp3) is 0.286. The minimum Gasteiger partial charge on any atom is -0.465 e. The molecular weight excluding hydrogens is 443 g/mol. The van der Waals surface area contributed by atoms with Crippen LogP contribution in [0.15, 0.2) is 58.6 Å². The Hall–Kier alpha value is -2.22. The Bertz CT molecular complexity index is 1030. The first-order valence-corrected chi connectivity index (χ1v) is 10.8. The van der Waals surface area contributed by atoms with Crippen LogP contribution < -0.4 is 0 Å². The molecule has 30 heavy (non-hydrogen) atoms. The number of para-hydroxylation sites is 1. The number of carbonyl (C=O) groups is 1. The third-order valence-electron chi connectivity index (χ3n) is 4.02. The number of aromatic nitrogens is 3. The lowest BCUT2D eigenvalue weighted by Gasteiger charge is -2.27. The highest BCUT2D eigenvalue weighted by molar-refractivity contribution is 7.99. The predicted octanol–water partition coefficient (Wildman–Crippen LogP) is 6.25. The molecule has 0 atom stereocenters. The standard InChI is InChI=1S/C21H22Cl2N4O2S/c1-21(2,3)13-26(20(28)29)12-14-10-19(30-15-8-9-18(23)24-11-15)27(25-14)17-7-5-4-6-16(17)22/h4-11H,12-13H2,1-3H3,(H,28,29). The van der Waals surface area contributed by atoms with Crippen LogP contribution in [-0.4, -0.2) is 37.4 Å². The Labute approximate surface area is 189 Å². The van der Waals surface area contributed by atoms with Crippen LogP contribution in [0.25, 0.3) is 5.69 Å². The van der Waals surface area contributed by atoms with Gasteiger partial charge in [0, 0.05) is 17.6 Å². The monoisotopic (exact) mass is 464 g/mol. The van der Waals surface area contributed by atoms with E-state index in [0.717, 1.165) is 9.92 Å². The van der Waals surface area contributed by atoms with Gasteiger partial charge in [-0.15, -0.1) is 0 Å². The maximum absolute atomic E-state index is 11.8. The van der Waals surface area contributed by atoms with Gasteiger partial charge in [0.05, 0.1) is 22.9 Å². The second-order valence-electron chi connectivity index (χ2n) is 7.96. The smallest absolute Gasteiger partial charge is 0.407 e. The summed E-state index contributed by atoms with van der Waals surface area (Å²) in [6.07, 6.45) is 0.702. The maximum Gasteiger partial charge on any atom is 0.407 e. The van der Waals surface area contributed by atoms with E-state index >= 15 is 0 Å². The van der Waals surface area contributed by atoms with Gasteiger partial charge in [0.25, 0.3) is 0 Å². The molecule has 0 aliphatic carbocycles. The molecule has 0 saturated heterocycles. The molecule has 1 N–H and O–H groups in total. The van der Waals surface area contributed by atoms with Gasteiger partial charge < -0.3 is 10.0 Å². The molecule has 0 spiro atoms. The highest BCUT2D eigenvalue weighted by Crippen LogP contribution is 2.32. The van der Waals surface area contributed by atoms with Crippen molar-refractivity contribution < 1.29 is 9.90 Å². The van der Waals surface area contributed by atoms with Crippen molar-refractivity contribution >= 4 is 41.1 Å². The lowest BCUT2D eigenvalue weighted by atomic mass is 9.96. The summed E-state index contributed by atoms with van der Waals surface area (Å²) in [7, 11) is 0. The van der Waals surface area contributed by atoms with Crippen molar-refractivity contribution in [2.75, 3.05) is 6.54 Å². The van der Waals surface area contributed by atoms with Crippen LogP contribution in [-0.2, 0) is 6.54 Å². The van der Waals surface area contributed by atoms with E-state index in [4.69, 9.17) is 23.2 Å². The van der Waals surface area contributed by atoms with Gasteiger partial charge in [0.15, 0.2) is 0 Å². The Balaban J connectivity index is 1.98. The third kappa shape index (κ3) is 5.90. The Kier molecular flexibility index (Phi) is 6.95. The maximum atomic E-state index is 11.8. The molecular formula is C21H22Cl2N4O2S. The summed E-state index contributed by atoms with van der Waals surface area (Å²) in [5, 5.41) is 16.1. The van der Waals surface area contributed by atoms with Crippen molar-refractivity contribution in [2.45, 2.75) is 37.2 Å². The first-order chi connectivity index (χ1) is 14.1. The van der Waals surface area contributed by atoms with Gasteiger partial charge in [0.2, 0.25) is 0 Å². The van der Waals surface area contributed by atoms with Crippen molar-refractivity contribution in [1.82, 2.24) is 19.7 Å². The molecule has 158 valence electrons. The van der Waals surface area contributed by atoms with Crippen LogP contribution in [0, 0.1) is 5.41 Å². The lowest BCUT2D eigenvalue weighted by Crippen LogP contribution is -2.36. The largest absolute Gasteiger partial charge is 0.465 e. The molecule has 0 unspecified atom stereocenters. The van der Waals surface area contributed by atoms with Crippen LogP contribution in [0.1, 0.15) is 26.5 Å². The molecule has 6 nitrogen and oxygen atoms in total. The molecule has 2 heterocycles. The fourth-order valence-electron chi connectivity index (χ4n) is 2.86. The molecule has 2 aromatic heterocycles. The second kappa shape index (κ2) is 9.29. The van der Waals surface area contributed by atoms with Crippen LogP contribution >= 0.6 is 35.0 Å². The first-order valence-electron chi connectivity index (χ1n) is 9.23. The van der Waals surface area contributed by atoms with Gasteiger partial charge >= 0.3 is 6.09 Å². The minimum atomic E-state index is -0.978. The van der Waals surface area contributed by atoms with E-state index in [1.165, 1.54) is 16.7 Å². The number of hydrogen-bond acceptors (Lipinski definition) is 4. The molecule has 3 aromatic rings. The van der Waals surface area contributed by atoms with E-state index < -0.39 is 6.09 Å². The second-order valence-corrected chi connectivity index (χ2v) is 9.84. The van der Waals surface area contributed by atoms with E-state index in [2.05, 4.69) is 10.1 Å². The van der Waals surface area contributed by atoms with Crippen LogP contribution in [0.4, 0.5) is 4.79 Å². The normalized spacial score (nSPS) is 11.5. The quantitative estimate of drug-likeness (QED) is 0.436. The van der Waals surface area contributed by atoms with Crippen LogP contribution in [0.3, 0.4) is 0 Å². The zero-order valence-electron chi connectivity index (χ0n) is 16.8. The number of halogens is 2. The molecule has 0 saturated carbocycles. The van der Waals surface area contributed by atoms with E-state index in [-0.39, 0.29) is 12.0 Å². The molecule has 0 fully saturated rings. The summed E-state index contributed by atoms with van der Waals surface area (Å²) >= 11 is 13.7. The van der Waals surface area contributed by atoms with Gasteiger partial charge in [-0.1, -0.05) is 67.9 Å². The average Bonchev–Trinajstić information content (AvgIpc) is 3.04. The van der Waals surface area contributed by atoms with Gasteiger partial charge in [-0.25, -0.2) is 14.5 Å². The first kappa shape index (κ1) is 22.5. The average molecular weight is 465 g/mol. The van der Waals surface area contributed by atoms with Crippen molar-refractivity contribution in [3.8, 4) is 5.69 Å². The van der Waals surface area contributed by atoms with Gasteiger partial charge in [-0.2, -0.15) is 5.10 Å². The highest BCUT2D eigenvalue weighted by atomic mass is 35.5. The number of hydrogen-bond donors (Lipinski definition) is 1. The molecule has 9 heteroatoms. The van der Waals surface area contributed by atoms with Gasteiger partial charge in [0.1, 0.15) is 10.2 Å². The van der Waals surface area contributed by atoms with E-state index in [1.807, 2.05) is 51.1 Å². The van der Waals surface area contributed by atoms with Crippen molar-refractivity contribution in [3.63, 3.8) is 0 Å². The molecule has 3 rings (SSSR count). The molecule has 1 aromatic carbocycles. The molecule has 0 radical (unpaired) electrons. The fourth-order valence-corrected chi connectivity index (χ4v) is 4.09. The SMILES string of the molecule is CC(C)(C)CN(Cc1cc(Sc2ccc(Cl)nc2)n(-c2ccccc2Cl)n1)C(=O)O. The number of amides is 1. The summed E-state index contributed by atoms with van der Waals surface area (Å²) in [6.45, 7) is 6.57. The molecule has 0 aliphatic heterocycles. The number of pyridine rings is 1. The zero-order chi connectivity index (χ0) is 21.9. The third-order valence-corrected chi connectivity index (χ3v) is 5.54. The number of nitrogens with zero attached hydrogens (tertiary/aromatic N) is 4. The molecule has 0 aliphatic rings. The lowest BCUT2D eigenvalue weighted by molar-refractivity contribution is 0.122. The Morgan fingerprint density at radius 2 is 1.93 bits per heavy atom. The number of carboxylic acid groups (broad SMARTS) is 1. The van der Waals surface area contributed by atoms with Crippen molar-refractivity contribution in [2.24, 2.45) is 5.41 Å². The summed E-state index contributed by atoms with van der Waals surface area (Å²) in [4.78, 5) is 18.1. The number of rotatable bonds is 6. The van der Waals surface area contributed by atoms with Crippen LogP contribution in [0.2, 0.25) is 10.2 Å². The molecule has 1 amide bonds. The predicted molar refractivity (Wildman–Crippen MR) is 120 cm³/mol. The summed E-state index contributed by atoms with van der Waals surface area (Å²) in [5.41, 5.74) is 1.18. The van der Waals surface area contributed by atoms with Gasteiger partial charge in [-0.05, 0) is 35.7 Å². The van der Waals surface area contributed by atoms with E-state index in [9.17, 15) is 9.90 Å². The van der Waals surface area contributed by atoms with Crippen LogP contribution in [0.5, 0.6) is 0 Å². The summed E-state index contributed by atoms with van der Waals surface area (Å²) < 4.78 is 1.73. The van der Waals surface area contributed by atoms with Gasteiger partial charge in [-0.3, -0.25) is 0 Å². The minimum absolute atomic E-state index is 0.170. The topological polar surface area (TPSA) is 71.2 Å². The Morgan fingerprint density at radius 1 is 1.20 bits per heavy atom. The van der Waals surface area contributed by atoms with E-state index in [1.54, 1.807) is 23.0 Å².